The van der Waals surface area contributed by atoms with Crippen molar-refractivity contribution in [3.63, 3.8) is 0 Å². The van der Waals surface area contributed by atoms with Crippen LogP contribution in [0.25, 0.3) is 0 Å². The van der Waals surface area contributed by atoms with E-state index in [1.165, 1.54) is 25.3 Å². The van der Waals surface area contributed by atoms with E-state index < -0.39 is 11.6 Å². The van der Waals surface area contributed by atoms with Crippen LogP contribution in [0.2, 0.25) is 5.02 Å². The van der Waals surface area contributed by atoms with E-state index in [2.05, 4.69) is 0 Å². The summed E-state index contributed by atoms with van der Waals surface area (Å²) in [5.74, 6) is -0.293. The van der Waals surface area contributed by atoms with Gasteiger partial charge in [0.1, 0.15) is 29.7 Å². The van der Waals surface area contributed by atoms with Crippen LogP contribution >= 0.6 is 11.6 Å². The molecule has 0 aliphatic rings. The van der Waals surface area contributed by atoms with Crippen LogP contribution in [-0.4, -0.2) is 7.11 Å². The van der Waals surface area contributed by atoms with Crippen LogP contribution in [0.15, 0.2) is 36.4 Å². The van der Waals surface area contributed by atoms with Crippen LogP contribution in [0, 0.1) is 11.6 Å². The smallest absolute Gasteiger partial charge is 0.145 e. The zero-order valence-electron chi connectivity index (χ0n) is 10.1. The summed E-state index contributed by atoms with van der Waals surface area (Å²) in [5.41, 5.74) is 0.358. The lowest BCUT2D eigenvalue weighted by Gasteiger charge is -2.08. The van der Waals surface area contributed by atoms with Crippen molar-refractivity contribution < 1.29 is 18.3 Å². The van der Waals surface area contributed by atoms with Crippen LogP contribution < -0.4 is 9.47 Å². The average molecular weight is 285 g/mol. The minimum Gasteiger partial charge on any atom is -0.497 e. The monoisotopic (exact) mass is 284 g/mol. The van der Waals surface area contributed by atoms with E-state index in [0.29, 0.717) is 11.3 Å². The van der Waals surface area contributed by atoms with Gasteiger partial charge >= 0.3 is 0 Å². The van der Waals surface area contributed by atoms with Crippen molar-refractivity contribution in [3.8, 4) is 11.5 Å². The second kappa shape index (κ2) is 5.89. The van der Waals surface area contributed by atoms with Gasteiger partial charge in [-0.25, -0.2) is 8.78 Å². The van der Waals surface area contributed by atoms with E-state index in [0.717, 1.165) is 6.07 Å². The Morgan fingerprint density at radius 3 is 2.32 bits per heavy atom. The van der Waals surface area contributed by atoms with Gasteiger partial charge in [0, 0.05) is 17.7 Å². The summed E-state index contributed by atoms with van der Waals surface area (Å²) in [6, 6.07) is 8.51. The highest BCUT2D eigenvalue weighted by Gasteiger charge is 2.06. The number of halogens is 3. The predicted octanol–water partition coefficient (Wildman–Crippen LogP) is 4.21. The molecule has 0 unspecified atom stereocenters. The predicted molar refractivity (Wildman–Crippen MR) is 68.7 cm³/mol. The van der Waals surface area contributed by atoms with Gasteiger partial charge in [-0.1, -0.05) is 11.6 Å². The van der Waals surface area contributed by atoms with Gasteiger partial charge in [-0.2, -0.15) is 0 Å². The summed E-state index contributed by atoms with van der Waals surface area (Å²) in [7, 11) is 1.46. The summed E-state index contributed by atoms with van der Waals surface area (Å²) in [6.07, 6.45) is 0. The lowest BCUT2D eigenvalue weighted by atomic mass is 10.2. The molecule has 0 atom stereocenters. The summed E-state index contributed by atoms with van der Waals surface area (Å²) < 4.78 is 37.0. The zero-order valence-corrected chi connectivity index (χ0v) is 10.9. The van der Waals surface area contributed by atoms with Crippen molar-refractivity contribution in [2.75, 3.05) is 7.11 Å². The van der Waals surface area contributed by atoms with Gasteiger partial charge in [0.05, 0.1) is 12.1 Å². The third kappa shape index (κ3) is 3.35. The van der Waals surface area contributed by atoms with E-state index in [9.17, 15) is 8.78 Å². The maximum atomic E-state index is 13.6. The lowest BCUT2D eigenvalue weighted by molar-refractivity contribution is 0.297. The van der Waals surface area contributed by atoms with E-state index in [-0.39, 0.29) is 17.4 Å². The first kappa shape index (κ1) is 13.6. The number of methoxy groups -OCH3 is 1. The van der Waals surface area contributed by atoms with Gasteiger partial charge in [0.25, 0.3) is 0 Å². The van der Waals surface area contributed by atoms with Crippen molar-refractivity contribution in [1.29, 1.82) is 0 Å². The Hall–Kier alpha value is -1.81. The fourth-order valence-corrected chi connectivity index (χ4v) is 1.62. The van der Waals surface area contributed by atoms with Gasteiger partial charge in [-0.15, -0.1) is 0 Å². The molecular formula is C14H11ClF2O2. The van der Waals surface area contributed by atoms with Crippen LogP contribution in [0.1, 0.15) is 5.56 Å². The first-order valence-electron chi connectivity index (χ1n) is 5.50. The topological polar surface area (TPSA) is 18.5 Å². The molecule has 0 aliphatic carbocycles. The zero-order chi connectivity index (χ0) is 13.8. The SMILES string of the molecule is COc1ccc(COc2ccc(Cl)c(F)c2)c(F)c1. The Morgan fingerprint density at radius 2 is 1.68 bits per heavy atom. The van der Waals surface area contributed by atoms with Gasteiger partial charge in [0.15, 0.2) is 0 Å². The summed E-state index contributed by atoms with van der Waals surface area (Å²) in [5, 5.41) is 0.0166. The normalized spacial score (nSPS) is 10.3. The molecule has 2 aromatic carbocycles. The Kier molecular flexibility index (Phi) is 4.22. The molecule has 2 nitrogen and oxygen atoms in total. The fraction of sp³-hybridized carbons (Fsp3) is 0.143. The quantitative estimate of drug-likeness (QED) is 0.837. The fourth-order valence-electron chi connectivity index (χ4n) is 1.50. The molecule has 0 aliphatic heterocycles. The molecule has 0 aromatic heterocycles. The van der Waals surface area contributed by atoms with Gasteiger partial charge < -0.3 is 9.47 Å². The van der Waals surface area contributed by atoms with Crippen LogP contribution in [0.3, 0.4) is 0 Å². The largest absolute Gasteiger partial charge is 0.497 e. The summed E-state index contributed by atoms with van der Waals surface area (Å²) in [6.45, 7) is -0.00308. The minimum absolute atomic E-state index is 0.00308. The molecule has 0 saturated heterocycles. The molecule has 0 radical (unpaired) electrons. The van der Waals surface area contributed by atoms with Gasteiger partial charge in [-0.3, -0.25) is 0 Å². The molecular weight excluding hydrogens is 274 g/mol. The van der Waals surface area contributed by atoms with Gasteiger partial charge in [-0.05, 0) is 24.3 Å². The Morgan fingerprint density at radius 1 is 1.00 bits per heavy atom. The lowest BCUT2D eigenvalue weighted by Crippen LogP contribution is -1.99. The highest BCUT2D eigenvalue weighted by molar-refractivity contribution is 6.30. The molecule has 19 heavy (non-hydrogen) atoms. The van der Waals surface area contributed by atoms with Crippen molar-refractivity contribution in [2.24, 2.45) is 0 Å². The third-order valence-electron chi connectivity index (χ3n) is 2.55. The van der Waals surface area contributed by atoms with Crippen LogP contribution in [-0.2, 0) is 6.61 Å². The third-order valence-corrected chi connectivity index (χ3v) is 2.85. The second-order valence-corrected chi connectivity index (χ2v) is 4.23. The number of ether oxygens (including phenoxy) is 2. The molecule has 0 amide bonds. The maximum Gasteiger partial charge on any atom is 0.145 e. The number of rotatable bonds is 4. The van der Waals surface area contributed by atoms with E-state index in [1.54, 1.807) is 12.1 Å². The molecule has 100 valence electrons. The minimum atomic E-state index is -0.575. The molecule has 0 heterocycles. The molecule has 0 spiro atoms. The number of benzene rings is 2. The van der Waals surface area contributed by atoms with E-state index in [4.69, 9.17) is 21.1 Å². The molecule has 0 bridgehead atoms. The van der Waals surface area contributed by atoms with E-state index >= 15 is 0 Å². The van der Waals surface area contributed by atoms with Crippen molar-refractivity contribution in [3.05, 3.63) is 58.6 Å². The van der Waals surface area contributed by atoms with Crippen molar-refractivity contribution >= 4 is 11.6 Å². The Bertz CT molecular complexity index is 588. The first-order valence-corrected chi connectivity index (χ1v) is 5.88. The average Bonchev–Trinajstić information content (AvgIpc) is 2.41. The maximum absolute atomic E-state index is 13.6. The summed E-state index contributed by atoms with van der Waals surface area (Å²) in [4.78, 5) is 0. The number of hydrogen-bond acceptors (Lipinski definition) is 2. The first-order chi connectivity index (χ1) is 9.10. The van der Waals surface area contributed by atoms with E-state index in [1.807, 2.05) is 0 Å². The van der Waals surface area contributed by atoms with Crippen molar-refractivity contribution in [2.45, 2.75) is 6.61 Å². The van der Waals surface area contributed by atoms with Crippen LogP contribution in [0.4, 0.5) is 8.78 Å². The second-order valence-electron chi connectivity index (χ2n) is 3.82. The molecule has 2 aromatic rings. The molecule has 5 heteroatoms. The van der Waals surface area contributed by atoms with Crippen LogP contribution in [0.5, 0.6) is 11.5 Å². The summed E-state index contributed by atoms with van der Waals surface area (Å²) >= 11 is 5.55. The van der Waals surface area contributed by atoms with Crippen molar-refractivity contribution in [1.82, 2.24) is 0 Å². The van der Waals surface area contributed by atoms with Gasteiger partial charge in [0.2, 0.25) is 0 Å². The molecule has 0 fully saturated rings. The molecule has 0 N–H and O–H groups in total. The molecule has 2 rings (SSSR count). The highest BCUT2D eigenvalue weighted by atomic mass is 35.5. The molecule has 0 saturated carbocycles. The highest BCUT2D eigenvalue weighted by Crippen LogP contribution is 2.22. The Labute approximate surface area is 114 Å². The Balaban J connectivity index is 2.07. The number of hydrogen-bond donors (Lipinski definition) is 0. The standard InChI is InChI=1S/C14H11ClF2O2/c1-18-10-3-2-9(13(16)6-10)8-19-11-4-5-12(15)14(17)7-11/h2-7H,8H2,1H3.